The van der Waals surface area contributed by atoms with Crippen molar-refractivity contribution < 1.29 is 19.5 Å². The first kappa shape index (κ1) is 18.6. The lowest BCUT2D eigenvalue weighted by Gasteiger charge is -2.43. The van der Waals surface area contributed by atoms with E-state index >= 15 is 0 Å². The lowest BCUT2D eigenvalue weighted by Crippen LogP contribution is -2.50. The maximum atomic E-state index is 12.1. The summed E-state index contributed by atoms with van der Waals surface area (Å²) >= 11 is 0. The summed E-state index contributed by atoms with van der Waals surface area (Å²) in [4.78, 5) is 23.1. The fourth-order valence-corrected chi connectivity index (χ4v) is 3.70. The predicted octanol–water partition coefficient (Wildman–Crippen LogP) is 2.66. The Kier molecular flexibility index (Phi) is 6.06. The van der Waals surface area contributed by atoms with Gasteiger partial charge < -0.3 is 4.74 Å². The second-order valence-corrected chi connectivity index (χ2v) is 7.12. The second kappa shape index (κ2) is 8.47. The van der Waals surface area contributed by atoms with Gasteiger partial charge in [-0.15, -0.1) is 0 Å². The Bertz CT molecular complexity index is 659. The summed E-state index contributed by atoms with van der Waals surface area (Å²) in [5.74, 6) is -0.732. The Labute approximate surface area is 153 Å². The van der Waals surface area contributed by atoms with Gasteiger partial charge in [0, 0.05) is 11.6 Å². The van der Waals surface area contributed by atoms with Crippen molar-refractivity contribution in [3.05, 3.63) is 41.5 Å². The summed E-state index contributed by atoms with van der Waals surface area (Å²) in [5, 5.41) is 11.9. The van der Waals surface area contributed by atoms with Gasteiger partial charge in [0.1, 0.15) is 6.10 Å². The number of carbonyl (C=O) groups excluding carboxylic acids is 2. The molecule has 0 saturated heterocycles. The molecule has 0 aliphatic heterocycles. The molecule has 140 valence electrons. The lowest BCUT2D eigenvalue weighted by atomic mass is 9.71. The number of esters is 1. The molecule has 0 heterocycles. The first-order chi connectivity index (χ1) is 12.6. The van der Waals surface area contributed by atoms with Gasteiger partial charge in [0.05, 0.1) is 6.54 Å². The van der Waals surface area contributed by atoms with Gasteiger partial charge >= 0.3 is 5.97 Å². The maximum absolute atomic E-state index is 12.1. The molecule has 1 aromatic rings. The van der Waals surface area contributed by atoms with Crippen LogP contribution in [-0.2, 0) is 19.9 Å². The van der Waals surface area contributed by atoms with Gasteiger partial charge in [-0.1, -0.05) is 24.3 Å². The predicted molar refractivity (Wildman–Crippen MR) is 97.3 cm³/mol. The average Bonchev–Trinajstić information content (AvgIpc) is 3.12. The quantitative estimate of drug-likeness (QED) is 0.302. The largest absolute Gasteiger partial charge is 0.461 e. The average molecular weight is 358 g/mol. The highest BCUT2D eigenvalue weighted by Gasteiger charge is 2.38. The molecular weight excluding hydrogens is 332 g/mol. The van der Waals surface area contributed by atoms with Crippen molar-refractivity contribution in [2.24, 2.45) is 0 Å². The third kappa shape index (κ3) is 4.51. The highest BCUT2D eigenvalue weighted by Crippen LogP contribution is 2.41. The van der Waals surface area contributed by atoms with Gasteiger partial charge in [-0.3, -0.25) is 20.1 Å². The van der Waals surface area contributed by atoms with Crippen molar-refractivity contribution in [2.75, 3.05) is 6.54 Å². The van der Waals surface area contributed by atoms with Crippen molar-refractivity contribution in [2.45, 2.75) is 56.6 Å². The molecule has 6 nitrogen and oxygen atoms in total. The smallest absolute Gasteiger partial charge is 0.320 e. The van der Waals surface area contributed by atoms with E-state index in [1.807, 2.05) is 24.3 Å². The number of ether oxygens (including phenoxy) is 1. The molecule has 3 rings (SSSR count). The number of hydrogen-bond donors (Lipinski definition) is 3. The fourth-order valence-electron chi connectivity index (χ4n) is 3.70. The van der Waals surface area contributed by atoms with E-state index in [0.717, 1.165) is 56.1 Å². The number of hydrogen-bond acceptors (Lipinski definition) is 5. The number of benzene rings is 1. The van der Waals surface area contributed by atoms with Crippen LogP contribution in [-0.4, -0.2) is 29.7 Å². The molecule has 26 heavy (non-hydrogen) atoms. The summed E-state index contributed by atoms with van der Waals surface area (Å²) < 4.78 is 5.53. The van der Waals surface area contributed by atoms with E-state index in [1.54, 1.807) is 11.6 Å². The fraction of sp³-hybridized carbons (Fsp3) is 0.500. The van der Waals surface area contributed by atoms with E-state index < -0.39 is 5.91 Å². The zero-order chi connectivity index (χ0) is 18.4. The van der Waals surface area contributed by atoms with Crippen LogP contribution in [0.2, 0.25) is 0 Å². The second-order valence-electron chi connectivity index (χ2n) is 7.12. The van der Waals surface area contributed by atoms with Crippen LogP contribution in [0.4, 0.5) is 0 Å². The van der Waals surface area contributed by atoms with Crippen molar-refractivity contribution in [3.8, 4) is 0 Å². The van der Waals surface area contributed by atoms with Crippen LogP contribution in [0.25, 0.3) is 6.08 Å². The number of carbonyl (C=O) groups is 2. The number of amides is 1. The first-order valence-electron chi connectivity index (χ1n) is 9.28. The van der Waals surface area contributed by atoms with E-state index in [-0.39, 0.29) is 24.2 Å². The molecule has 2 saturated carbocycles. The zero-order valence-corrected chi connectivity index (χ0v) is 14.9. The number of hydroxylamine groups is 1. The molecule has 0 bridgehead atoms. The zero-order valence-electron chi connectivity index (χ0n) is 14.9. The van der Waals surface area contributed by atoms with E-state index in [0.29, 0.717) is 0 Å². The summed E-state index contributed by atoms with van der Waals surface area (Å²) in [5.41, 5.74) is 3.40. The molecular formula is C20H26N2O4. The van der Waals surface area contributed by atoms with Crippen molar-refractivity contribution in [1.82, 2.24) is 10.8 Å². The Morgan fingerprint density at radius 2 is 1.85 bits per heavy atom. The van der Waals surface area contributed by atoms with Gasteiger partial charge in [0.15, 0.2) is 0 Å². The van der Waals surface area contributed by atoms with E-state index in [2.05, 4.69) is 5.32 Å². The molecule has 3 N–H and O–H groups in total. The molecule has 0 radical (unpaired) electrons. The minimum Gasteiger partial charge on any atom is -0.461 e. The van der Waals surface area contributed by atoms with Crippen LogP contribution < -0.4 is 10.8 Å². The molecule has 2 aliphatic carbocycles. The molecule has 0 spiro atoms. The minimum absolute atomic E-state index is 0.101. The number of nitrogens with one attached hydrogen (secondary N) is 2. The topological polar surface area (TPSA) is 87.7 Å². The third-order valence-electron chi connectivity index (χ3n) is 5.38. The van der Waals surface area contributed by atoms with E-state index in [1.165, 1.54) is 6.08 Å². The summed E-state index contributed by atoms with van der Waals surface area (Å²) in [6, 6.07) is 7.89. The molecule has 0 aromatic heterocycles. The Hall–Kier alpha value is -2.18. The van der Waals surface area contributed by atoms with Gasteiger partial charge in [-0.2, -0.15) is 0 Å². The summed E-state index contributed by atoms with van der Waals surface area (Å²) in [6.45, 7) is 0.231. The van der Waals surface area contributed by atoms with Crippen molar-refractivity contribution >= 4 is 18.0 Å². The molecule has 2 fully saturated rings. The van der Waals surface area contributed by atoms with Gasteiger partial charge in [-0.25, -0.2) is 5.48 Å². The highest BCUT2D eigenvalue weighted by molar-refractivity contribution is 5.90. The molecule has 2 aliphatic rings. The summed E-state index contributed by atoms with van der Waals surface area (Å²) in [6.07, 6.45) is 10.4. The van der Waals surface area contributed by atoms with E-state index in [4.69, 9.17) is 9.94 Å². The minimum atomic E-state index is -0.563. The number of rotatable bonds is 7. The van der Waals surface area contributed by atoms with Crippen molar-refractivity contribution in [1.29, 1.82) is 0 Å². The van der Waals surface area contributed by atoms with Crippen LogP contribution in [0, 0.1) is 0 Å². The summed E-state index contributed by atoms with van der Waals surface area (Å²) in [7, 11) is 0. The molecule has 0 atom stereocenters. The van der Waals surface area contributed by atoms with Crippen LogP contribution in [0.15, 0.2) is 30.3 Å². The molecule has 6 heteroatoms. The van der Waals surface area contributed by atoms with Crippen LogP contribution in [0.5, 0.6) is 0 Å². The molecule has 1 amide bonds. The van der Waals surface area contributed by atoms with Crippen LogP contribution >= 0.6 is 0 Å². The normalized spacial score (nSPS) is 19.3. The Morgan fingerprint density at radius 3 is 2.42 bits per heavy atom. The van der Waals surface area contributed by atoms with Crippen molar-refractivity contribution in [3.63, 3.8) is 0 Å². The van der Waals surface area contributed by atoms with Gasteiger partial charge in [-0.05, 0) is 62.1 Å². The van der Waals surface area contributed by atoms with Gasteiger partial charge in [0.2, 0.25) is 0 Å². The lowest BCUT2D eigenvalue weighted by molar-refractivity contribution is -0.148. The Morgan fingerprint density at radius 1 is 1.15 bits per heavy atom. The van der Waals surface area contributed by atoms with Crippen LogP contribution in [0.1, 0.15) is 56.1 Å². The highest BCUT2D eigenvalue weighted by atomic mass is 16.5. The van der Waals surface area contributed by atoms with E-state index in [9.17, 15) is 9.59 Å². The van der Waals surface area contributed by atoms with Crippen LogP contribution in [0.3, 0.4) is 0 Å². The molecule has 1 aromatic carbocycles. The Balaban J connectivity index is 1.57. The third-order valence-corrected chi connectivity index (χ3v) is 5.38. The van der Waals surface area contributed by atoms with Gasteiger partial charge in [0.25, 0.3) is 5.91 Å². The molecule has 0 unspecified atom stereocenters. The monoisotopic (exact) mass is 358 g/mol. The standard InChI is InChI=1S/C20H26N2O4/c23-18(22-25)11-8-15-6-9-16(10-7-15)20(12-3-13-20)21-14-19(24)26-17-4-1-2-5-17/h6-11,17,21,25H,1-5,12-14H2,(H,22,23)/b11-8+. The first-order valence-corrected chi connectivity index (χ1v) is 9.28. The SMILES string of the molecule is O=C(/C=C/c1ccc(C2(NCC(=O)OC3CCCC3)CCC2)cc1)NO. The maximum Gasteiger partial charge on any atom is 0.320 e.